The maximum atomic E-state index is 12.6. The first-order valence-corrected chi connectivity index (χ1v) is 9.31. The van der Waals surface area contributed by atoms with E-state index in [1.165, 1.54) is 0 Å². The minimum Gasteiger partial charge on any atom is -0.396 e. The predicted molar refractivity (Wildman–Crippen MR) is 101 cm³/mol. The molecule has 0 radical (unpaired) electrons. The number of nitrogens with one attached hydrogen (secondary N) is 1. The molecule has 2 aliphatic heterocycles. The molecule has 0 aliphatic carbocycles. The van der Waals surface area contributed by atoms with Crippen LogP contribution in [0.2, 0.25) is 0 Å². The zero-order valence-electron chi connectivity index (χ0n) is 15.5. The molecule has 27 heavy (non-hydrogen) atoms. The van der Waals surface area contributed by atoms with Crippen molar-refractivity contribution >= 4 is 12.0 Å². The third kappa shape index (κ3) is 3.65. The highest BCUT2D eigenvalue weighted by Crippen LogP contribution is 2.42. The van der Waals surface area contributed by atoms with Gasteiger partial charge >= 0.3 is 0 Å². The molecule has 2 saturated heterocycles. The topological polar surface area (TPSA) is 85.3 Å². The van der Waals surface area contributed by atoms with Crippen LogP contribution in [0.1, 0.15) is 17.2 Å². The first kappa shape index (κ1) is 17.9. The molecule has 0 saturated carbocycles. The van der Waals surface area contributed by atoms with Crippen LogP contribution in [0.25, 0.3) is 6.08 Å². The fraction of sp³-hybridized carbons (Fsp3) is 0.450. The van der Waals surface area contributed by atoms with E-state index in [0.717, 1.165) is 30.3 Å². The van der Waals surface area contributed by atoms with Gasteiger partial charge in [-0.15, -0.1) is 0 Å². The number of nitrogens with zero attached hydrogens (tertiary/aromatic N) is 4. The van der Waals surface area contributed by atoms with Gasteiger partial charge in [0.05, 0.1) is 13.2 Å². The summed E-state index contributed by atoms with van der Waals surface area (Å²) >= 11 is 0. The number of aromatic amines is 1. The van der Waals surface area contributed by atoms with Crippen LogP contribution < -0.4 is 0 Å². The highest BCUT2D eigenvalue weighted by Gasteiger charge is 2.52. The standard InChI is InChI=1S/C20H25N5O2/c1-15-21-18(23-22-15)11-24-9-17-10-25(13-20(17,12-24)14-26)19(27)8-7-16-5-3-2-4-6-16/h2-8,17,26H,9-14H2,1H3,(H,21,22,23)/t17-,20+/m0/s1. The molecule has 1 aromatic carbocycles. The molecule has 0 unspecified atom stereocenters. The molecule has 2 N–H and O–H groups in total. The summed E-state index contributed by atoms with van der Waals surface area (Å²) in [5.74, 6) is 1.87. The lowest BCUT2D eigenvalue weighted by Gasteiger charge is -2.26. The van der Waals surface area contributed by atoms with Gasteiger partial charge in [-0.25, -0.2) is 4.98 Å². The lowest BCUT2D eigenvalue weighted by atomic mass is 9.82. The van der Waals surface area contributed by atoms with Crippen LogP contribution in [0.15, 0.2) is 36.4 Å². The molecule has 7 nitrogen and oxygen atoms in total. The number of aliphatic hydroxyl groups excluding tert-OH is 1. The number of rotatable bonds is 5. The molecule has 7 heteroatoms. The third-order valence-corrected chi connectivity index (χ3v) is 5.68. The number of hydrogen-bond acceptors (Lipinski definition) is 5. The SMILES string of the molecule is Cc1nc(CN2C[C@H]3CN(C(=O)C=Cc4ccccc4)C[C@@]3(CO)C2)n[nH]1. The van der Waals surface area contributed by atoms with E-state index < -0.39 is 0 Å². The van der Waals surface area contributed by atoms with Crippen LogP contribution in [0, 0.1) is 18.3 Å². The second kappa shape index (κ2) is 7.25. The van der Waals surface area contributed by atoms with Crippen LogP contribution in [-0.2, 0) is 11.3 Å². The third-order valence-electron chi connectivity index (χ3n) is 5.68. The van der Waals surface area contributed by atoms with Gasteiger partial charge < -0.3 is 10.0 Å². The summed E-state index contributed by atoms with van der Waals surface area (Å²) in [7, 11) is 0. The Morgan fingerprint density at radius 1 is 1.33 bits per heavy atom. The van der Waals surface area contributed by atoms with Crippen molar-refractivity contribution in [1.82, 2.24) is 25.0 Å². The van der Waals surface area contributed by atoms with Gasteiger partial charge in [-0.05, 0) is 24.5 Å². The lowest BCUT2D eigenvalue weighted by molar-refractivity contribution is -0.125. The highest BCUT2D eigenvalue weighted by molar-refractivity contribution is 5.92. The Morgan fingerprint density at radius 3 is 2.81 bits per heavy atom. The second-order valence-corrected chi connectivity index (χ2v) is 7.69. The van der Waals surface area contributed by atoms with E-state index in [1.807, 2.05) is 48.2 Å². The van der Waals surface area contributed by atoms with E-state index in [0.29, 0.717) is 19.6 Å². The van der Waals surface area contributed by atoms with Crippen molar-refractivity contribution < 1.29 is 9.90 Å². The van der Waals surface area contributed by atoms with Crippen LogP contribution in [0.5, 0.6) is 0 Å². The minimum absolute atomic E-state index is 0.0113. The van der Waals surface area contributed by atoms with Gasteiger partial charge in [0.1, 0.15) is 5.82 Å². The zero-order valence-corrected chi connectivity index (χ0v) is 15.5. The summed E-state index contributed by atoms with van der Waals surface area (Å²) in [5, 5.41) is 17.2. The van der Waals surface area contributed by atoms with Crippen molar-refractivity contribution in [1.29, 1.82) is 0 Å². The molecular formula is C20H25N5O2. The van der Waals surface area contributed by atoms with Crippen molar-refractivity contribution in [2.75, 3.05) is 32.8 Å². The summed E-state index contributed by atoms with van der Waals surface area (Å²) in [6.45, 7) is 5.53. The average molecular weight is 367 g/mol. The molecule has 2 atom stereocenters. The molecule has 142 valence electrons. The first-order valence-electron chi connectivity index (χ1n) is 9.31. The number of carbonyl (C=O) groups excluding carboxylic acids is 1. The fourth-order valence-corrected chi connectivity index (χ4v) is 4.30. The Bertz CT molecular complexity index is 834. The Morgan fingerprint density at radius 2 is 2.15 bits per heavy atom. The maximum absolute atomic E-state index is 12.6. The molecule has 0 bridgehead atoms. The van der Waals surface area contributed by atoms with Gasteiger partial charge in [-0.3, -0.25) is 14.8 Å². The number of aryl methyl sites for hydroxylation is 1. The Balaban J connectivity index is 1.39. The number of carbonyl (C=O) groups is 1. The zero-order chi connectivity index (χ0) is 18.9. The monoisotopic (exact) mass is 367 g/mol. The fourth-order valence-electron chi connectivity index (χ4n) is 4.30. The van der Waals surface area contributed by atoms with E-state index >= 15 is 0 Å². The van der Waals surface area contributed by atoms with E-state index in [1.54, 1.807) is 6.08 Å². The summed E-state index contributed by atoms with van der Waals surface area (Å²) < 4.78 is 0. The Labute approximate surface area is 158 Å². The van der Waals surface area contributed by atoms with Crippen LogP contribution >= 0.6 is 0 Å². The molecule has 2 aliphatic rings. The van der Waals surface area contributed by atoms with Gasteiger partial charge in [-0.2, -0.15) is 5.10 Å². The van der Waals surface area contributed by atoms with Gasteiger partial charge in [0, 0.05) is 37.7 Å². The highest BCUT2D eigenvalue weighted by atomic mass is 16.3. The molecule has 3 heterocycles. The molecule has 1 amide bonds. The average Bonchev–Trinajstić information content (AvgIpc) is 3.33. The first-order chi connectivity index (χ1) is 13.1. The van der Waals surface area contributed by atoms with Crippen LogP contribution in [0.4, 0.5) is 0 Å². The number of aromatic nitrogens is 3. The number of fused-ring (bicyclic) bond motifs is 1. The van der Waals surface area contributed by atoms with Gasteiger partial charge in [0.15, 0.2) is 5.82 Å². The number of aliphatic hydroxyl groups is 1. The summed E-state index contributed by atoms with van der Waals surface area (Å²) in [6.07, 6.45) is 3.48. The van der Waals surface area contributed by atoms with Crippen LogP contribution in [0.3, 0.4) is 0 Å². The Hall–Kier alpha value is -2.51. The second-order valence-electron chi connectivity index (χ2n) is 7.69. The van der Waals surface area contributed by atoms with Gasteiger partial charge in [0.2, 0.25) is 5.91 Å². The quantitative estimate of drug-likeness (QED) is 0.773. The number of hydrogen-bond donors (Lipinski definition) is 2. The van der Waals surface area contributed by atoms with Crippen molar-refractivity contribution in [3.05, 3.63) is 53.6 Å². The maximum Gasteiger partial charge on any atom is 0.246 e. The number of benzene rings is 1. The lowest BCUT2D eigenvalue weighted by Crippen LogP contribution is -2.38. The van der Waals surface area contributed by atoms with Crippen molar-refractivity contribution in [2.24, 2.45) is 11.3 Å². The normalized spacial score (nSPS) is 25.4. The van der Waals surface area contributed by atoms with E-state index in [4.69, 9.17) is 0 Å². The Kier molecular flexibility index (Phi) is 4.80. The van der Waals surface area contributed by atoms with Gasteiger partial charge in [0.25, 0.3) is 0 Å². The molecule has 2 fully saturated rings. The molecule has 0 spiro atoms. The van der Waals surface area contributed by atoms with E-state index in [9.17, 15) is 9.90 Å². The number of likely N-dealkylation sites (tertiary alicyclic amines) is 2. The molecular weight excluding hydrogens is 342 g/mol. The van der Waals surface area contributed by atoms with Crippen molar-refractivity contribution in [3.8, 4) is 0 Å². The molecule has 4 rings (SSSR count). The number of H-pyrrole nitrogens is 1. The van der Waals surface area contributed by atoms with E-state index in [2.05, 4.69) is 20.1 Å². The van der Waals surface area contributed by atoms with Crippen molar-refractivity contribution in [3.63, 3.8) is 0 Å². The summed E-state index contributed by atoms with van der Waals surface area (Å²) in [6, 6.07) is 9.81. The molecule has 1 aromatic heterocycles. The minimum atomic E-state index is -0.248. The van der Waals surface area contributed by atoms with Gasteiger partial charge in [-0.1, -0.05) is 30.3 Å². The number of amides is 1. The molecule has 2 aromatic rings. The van der Waals surface area contributed by atoms with Crippen molar-refractivity contribution in [2.45, 2.75) is 13.5 Å². The summed E-state index contributed by atoms with van der Waals surface area (Å²) in [4.78, 5) is 21.1. The summed E-state index contributed by atoms with van der Waals surface area (Å²) in [5.41, 5.74) is 0.761. The smallest absolute Gasteiger partial charge is 0.246 e. The predicted octanol–water partition coefficient (Wildman–Crippen LogP) is 1.08. The van der Waals surface area contributed by atoms with E-state index in [-0.39, 0.29) is 23.8 Å². The van der Waals surface area contributed by atoms with Crippen LogP contribution in [-0.4, -0.2) is 68.8 Å². The largest absolute Gasteiger partial charge is 0.396 e.